The summed E-state index contributed by atoms with van der Waals surface area (Å²) in [6.07, 6.45) is -4.95. The highest BCUT2D eigenvalue weighted by atomic mass is 19.4. The van der Waals surface area contributed by atoms with Crippen molar-refractivity contribution in [2.24, 2.45) is 0 Å². The van der Waals surface area contributed by atoms with Gasteiger partial charge in [0.25, 0.3) is 0 Å². The van der Waals surface area contributed by atoms with Crippen molar-refractivity contribution in [3.05, 3.63) is 42.5 Å². The van der Waals surface area contributed by atoms with E-state index in [-0.39, 0.29) is 0 Å². The molecule has 0 saturated heterocycles. The first-order chi connectivity index (χ1) is 7.88. The second-order valence-electron chi connectivity index (χ2n) is 4.07. The minimum Gasteiger partial charge on any atom is -0.310 e. The lowest BCUT2D eigenvalue weighted by Gasteiger charge is -2.16. The minimum atomic E-state index is -4.12. The zero-order valence-corrected chi connectivity index (χ0v) is 9.72. The van der Waals surface area contributed by atoms with Crippen molar-refractivity contribution in [2.75, 3.05) is 6.54 Å². The van der Waals surface area contributed by atoms with Crippen LogP contribution in [-0.4, -0.2) is 18.8 Å². The van der Waals surface area contributed by atoms with Crippen LogP contribution in [0.3, 0.4) is 0 Å². The monoisotopic (exact) mass is 243 g/mol. The SMILES string of the molecule is C=C(CNC(C)CC(F)(F)F)c1ccccc1. The lowest BCUT2D eigenvalue weighted by Crippen LogP contribution is -2.32. The third-order valence-corrected chi connectivity index (χ3v) is 2.38. The number of alkyl halides is 3. The van der Waals surface area contributed by atoms with Gasteiger partial charge in [-0.05, 0) is 18.1 Å². The molecule has 0 aliphatic rings. The molecule has 0 fully saturated rings. The Kier molecular flexibility index (Phi) is 4.75. The molecule has 1 aromatic rings. The zero-order valence-electron chi connectivity index (χ0n) is 9.72. The average molecular weight is 243 g/mol. The van der Waals surface area contributed by atoms with Gasteiger partial charge in [-0.3, -0.25) is 0 Å². The van der Waals surface area contributed by atoms with E-state index in [9.17, 15) is 13.2 Å². The molecule has 1 rings (SSSR count). The number of rotatable bonds is 5. The molecular weight excluding hydrogens is 227 g/mol. The van der Waals surface area contributed by atoms with Gasteiger partial charge in [0, 0.05) is 12.6 Å². The van der Waals surface area contributed by atoms with E-state index >= 15 is 0 Å². The first-order valence-electron chi connectivity index (χ1n) is 5.42. The molecule has 0 bridgehead atoms. The molecule has 0 radical (unpaired) electrons. The Morgan fingerprint density at radius 2 is 1.88 bits per heavy atom. The number of halogens is 3. The van der Waals surface area contributed by atoms with E-state index in [0.717, 1.165) is 11.1 Å². The molecule has 1 atom stereocenters. The second-order valence-corrected chi connectivity index (χ2v) is 4.07. The fraction of sp³-hybridized carbons (Fsp3) is 0.385. The van der Waals surface area contributed by atoms with Gasteiger partial charge in [-0.2, -0.15) is 13.2 Å². The highest BCUT2D eigenvalue weighted by Crippen LogP contribution is 2.21. The van der Waals surface area contributed by atoms with Crippen molar-refractivity contribution in [1.82, 2.24) is 5.32 Å². The summed E-state index contributed by atoms with van der Waals surface area (Å²) in [7, 11) is 0. The molecule has 0 aliphatic carbocycles. The predicted molar refractivity (Wildman–Crippen MR) is 63.6 cm³/mol. The minimum absolute atomic E-state index is 0.362. The summed E-state index contributed by atoms with van der Waals surface area (Å²) < 4.78 is 36.3. The molecule has 4 heteroatoms. The van der Waals surface area contributed by atoms with Crippen molar-refractivity contribution in [2.45, 2.75) is 25.6 Å². The molecule has 17 heavy (non-hydrogen) atoms. The highest BCUT2D eigenvalue weighted by molar-refractivity contribution is 5.64. The first-order valence-corrected chi connectivity index (χ1v) is 5.42. The van der Waals surface area contributed by atoms with Gasteiger partial charge >= 0.3 is 6.18 Å². The molecule has 0 aromatic heterocycles. The number of hydrogen-bond acceptors (Lipinski definition) is 1. The number of benzene rings is 1. The van der Waals surface area contributed by atoms with E-state index in [4.69, 9.17) is 0 Å². The van der Waals surface area contributed by atoms with Crippen LogP contribution in [0, 0.1) is 0 Å². The topological polar surface area (TPSA) is 12.0 Å². The Labute approximate surface area is 99.3 Å². The Balaban J connectivity index is 2.39. The van der Waals surface area contributed by atoms with Gasteiger partial charge in [0.05, 0.1) is 6.42 Å². The summed E-state index contributed by atoms with van der Waals surface area (Å²) in [5, 5.41) is 2.82. The van der Waals surface area contributed by atoms with E-state index < -0.39 is 18.6 Å². The molecule has 0 saturated carbocycles. The fourth-order valence-corrected chi connectivity index (χ4v) is 1.49. The summed E-state index contributed by atoms with van der Waals surface area (Å²) in [6.45, 7) is 5.73. The van der Waals surface area contributed by atoms with Crippen molar-refractivity contribution >= 4 is 5.57 Å². The van der Waals surface area contributed by atoms with Crippen LogP contribution >= 0.6 is 0 Å². The van der Waals surface area contributed by atoms with E-state index in [1.165, 1.54) is 6.92 Å². The van der Waals surface area contributed by atoms with Crippen LogP contribution in [0.25, 0.3) is 5.57 Å². The highest BCUT2D eigenvalue weighted by Gasteiger charge is 2.29. The summed E-state index contributed by atoms with van der Waals surface area (Å²) in [4.78, 5) is 0. The number of nitrogens with one attached hydrogen (secondary N) is 1. The summed E-state index contributed by atoms with van der Waals surface area (Å²) >= 11 is 0. The van der Waals surface area contributed by atoms with Gasteiger partial charge in [0.15, 0.2) is 0 Å². The van der Waals surface area contributed by atoms with Crippen LogP contribution in [-0.2, 0) is 0 Å². The van der Waals surface area contributed by atoms with Gasteiger partial charge < -0.3 is 5.32 Å². The summed E-state index contributed by atoms with van der Waals surface area (Å²) in [6, 6.07) is 8.81. The lowest BCUT2D eigenvalue weighted by atomic mass is 10.1. The smallest absolute Gasteiger partial charge is 0.310 e. The molecule has 1 nitrogen and oxygen atoms in total. The first kappa shape index (κ1) is 13.8. The molecule has 1 aromatic carbocycles. The van der Waals surface area contributed by atoms with E-state index in [1.807, 2.05) is 30.3 Å². The van der Waals surface area contributed by atoms with Crippen molar-refractivity contribution in [3.63, 3.8) is 0 Å². The van der Waals surface area contributed by atoms with Gasteiger partial charge in [0.1, 0.15) is 0 Å². The van der Waals surface area contributed by atoms with E-state index in [0.29, 0.717) is 6.54 Å². The Morgan fingerprint density at radius 3 is 2.41 bits per heavy atom. The average Bonchev–Trinajstić information content (AvgIpc) is 2.25. The van der Waals surface area contributed by atoms with E-state index in [2.05, 4.69) is 11.9 Å². The van der Waals surface area contributed by atoms with Crippen molar-refractivity contribution < 1.29 is 13.2 Å². The lowest BCUT2D eigenvalue weighted by molar-refractivity contribution is -0.138. The van der Waals surface area contributed by atoms with Gasteiger partial charge in [0.2, 0.25) is 0 Å². The Bertz CT molecular complexity index is 357. The second kappa shape index (κ2) is 5.87. The molecular formula is C13H16F3N. The third-order valence-electron chi connectivity index (χ3n) is 2.38. The van der Waals surface area contributed by atoms with Crippen LogP contribution in [0.5, 0.6) is 0 Å². The maximum Gasteiger partial charge on any atom is 0.390 e. The van der Waals surface area contributed by atoms with Gasteiger partial charge in [-0.15, -0.1) is 0 Å². The fourth-order valence-electron chi connectivity index (χ4n) is 1.49. The molecule has 0 heterocycles. The van der Waals surface area contributed by atoms with Gasteiger partial charge in [-0.25, -0.2) is 0 Å². The van der Waals surface area contributed by atoms with Crippen LogP contribution in [0.15, 0.2) is 36.9 Å². The summed E-state index contributed by atoms with van der Waals surface area (Å²) in [5.74, 6) is 0. The number of hydrogen-bond donors (Lipinski definition) is 1. The Morgan fingerprint density at radius 1 is 1.29 bits per heavy atom. The zero-order chi connectivity index (χ0) is 12.9. The molecule has 1 unspecified atom stereocenters. The quantitative estimate of drug-likeness (QED) is 0.832. The van der Waals surface area contributed by atoms with Crippen LogP contribution in [0.2, 0.25) is 0 Å². The largest absolute Gasteiger partial charge is 0.390 e. The molecule has 0 amide bonds. The molecule has 0 spiro atoms. The van der Waals surface area contributed by atoms with E-state index in [1.54, 1.807) is 0 Å². The third kappa shape index (κ3) is 5.54. The molecule has 0 aliphatic heterocycles. The Hall–Kier alpha value is -1.29. The van der Waals surface area contributed by atoms with Gasteiger partial charge in [-0.1, -0.05) is 36.9 Å². The van der Waals surface area contributed by atoms with Crippen LogP contribution < -0.4 is 5.32 Å². The normalized spacial score (nSPS) is 13.4. The maximum absolute atomic E-state index is 12.1. The van der Waals surface area contributed by atoms with Crippen LogP contribution in [0.4, 0.5) is 13.2 Å². The summed E-state index contributed by atoms with van der Waals surface area (Å²) in [5.41, 5.74) is 1.74. The van der Waals surface area contributed by atoms with Crippen molar-refractivity contribution in [1.29, 1.82) is 0 Å². The maximum atomic E-state index is 12.1. The van der Waals surface area contributed by atoms with Crippen molar-refractivity contribution in [3.8, 4) is 0 Å². The van der Waals surface area contributed by atoms with Crippen LogP contribution in [0.1, 0.15) is 18.9 Å². The predicted octanol–water partition coefficient (Wildman–Crippen LogP) is 3.63. The molecule has 1 N–H and O–H groups in total. The standard InChI is InChI=1S/C13H16F3N/c1-10(12-6-4-3-5-7-12)9-17-11(2)8-13(14,15)16/h3-7,11,17H,1,8-9H2,2H3. The molecule has 94 valence electrons.